The van der Waals surface area contributed by atoms with Crippen molar-refractivity contribution in [1.82, 2.24) is 15.0 Å². The minimum atomic E-state index is -2.31. The molecule has 0 fully saturated rings. The van der Waals surface area contributed by atoms with Crippen molar-refractivity contribution in [2.24, 2.45) is 4.99 Å². The third kappa shape index (κ3) is 4.26. The number of aromatic nitrogens is 3. The van der Waals surface area contributed by atoms with Gasteiger partial charge in [-0.3, -0.25) is 15.0 Å². The van der Waals surface area contributed by atoms with Crippen LogP contribution in [-0.4, -0.2) is 40.3 Å². The number of aliphatic imine (C=N–C) groups is 1. The third-order valence-electron chi connectivity index (χ3n) is 5.74. The fraction of sp³-hybridized carbons (Fsp3) is 0.154. The van der Waals surface area contributed by atoms with Gasteiger partial charge in [0.1, 0.15) is 11.6 Å². The average Bonchev–Trinajstić information content (AvgIpc) is 2.86. The highest BCUT2D eigenvalue weighted by Gasteiger charge is 2.34. The smallest absolute Gasteiger partial charge is 0.235 e. The Morgan fingerprint density at radius 3 is 2.57 bits per heavy atom. The number of nitrogens with zero attached hydrogens (tertiary/aromatic N) is 4. The van der Waals surface area contributed by atoms with Gasteiger partial charge in [0.15, 0.2) is 6.23 Å². The van der Waals surface area contributed by atoms with Crippen LogP contribution in [0.5, 0.6) is 0 Å². The van der Waals surface area contributed by atoms with E-state index in [1.165, 1.54) is 13.2 Å². The number of pyridine rings is 3. The Balaban J connectivity index is 1.69. The van der Waals surface area contributed by atoms with E-state index in [1.54, 1.807) is 55.8 Å². The first-order valence-electron chi connectivity index (χ1n) is 10.8. The van der Waals surface area contributed by atoms with Gasteiger partial charge in [-0.1, -0.05) is 6.07 Å². The Labute approximate surface area is 199 Å². The van der Waals surface area contributed by atoms with Crippen LogP contribution in [0, 0.1) is 18.6 Å². The van der Waals surface area contributed by atoms with Crippen LogP contribution in [0.15, 0.2) is 72.1 Å². The number of rotatable bonds is 5. The maximum absolute atomic E-state index is 16.3. The zero-order chi connectivity index (χ0) is 24.6. The van der Waals surface area contributed by atoms with E-state index in [-0.39, 0.29) is 16.6 Å². The molecule has 0 radical (unpaired) electrons. The molecule has 1 N–H and O–H groups in total. The second-order valence-corrected chi connectivity index (χ2v) is 8.05. The quantitative estimate of drug-likeness (QED) is 0.386. The predicted octanol–water partition coefficient (Wildman–Crippen LogP) is 5.50. The van der Waals surface area contributed by atoms with Gasteiger partial charge in [-0.05, 0) is 42.8 Å². The van der Waals surface area contributed by atoms with Crippen LogP contribution in [-0.2, 0) is 4.74 Å². The molecular formula is C26H20F3N5O. The van der Waals surface area contributed by atoms with E-state index < -0.39 is 23.7 Å². The minimum absolute atomic E-state index is 0.0284. The SMILES string of the molecule is COC1N=CC(F)(Nc2c(C)c(-c3ccccn3)nc3cc(F)cc(F)c23)C=C1c1ccncc1. The van der Waals surface area contributed by atoms with Gasteiger partial charge < -0.3 is 10.1 Å². The monoisotopic (exact) mass is 475 g/mol. The van der Waals surface area contributed by atoms with Gasteiger partial charge in [0.2, 0.25) is 5.79 Å². The summed E-state index contributed by atoms with van der Waals surface area (Å²) in [5, 5.41) is 2.75. The van der Waals surface area contributed by atoms with Gasteiger partial charge in [0, 0.05) is 49.0 Å². The van der Waals surface area contributed by atoms with Gasteiger partial charge in [-0.25, -0.2) is 18.2 Å². The Kier molecular flexibility index (Phi) is 5.78. The molecule has 0 spiro atoms. The van der Waals surface area contributed by atoms with Crippen LogP contribution in [0.25, 0.3) is 27.9 Å². The molecular weight excluding hydrogens is 455 g/mol. The number of benzene rings is 1. The number of methoxy groups -OCH3 is 1. The summed E-state index contributed by atoms with van der Waals surface area (Å²) in [4.78, 5) is 17.0. The molecule has 4 heterocycles. The number of anilines is 1. The fourth-order valence-corrected chi connectivity index (χ4v) is 4.12. The second kappa shape index (κ2) is 8.92. The minimum Gasteiger partial charge on any atom is -0.355 e. The molecule has 0 amide bonds. The van der Waals surface area contributed by atoms with Gasteiger partial charge >= 0.3 is 0 Å². The number of dihydropyridines is 1. The van der Waals surface area contributed by atoms with Crippen LogP contribution in [0.3, 0.4) is 0 Å². The number of alkyl halides is 1. The maximum atomic E-state index is 16.3. The molecule has 0 saturated heterocycles. The number of ether oxygens (including phenoxy) is 1. The molecule has 0 bridgehead atoms. The molecule has 6 nitrogen and oxygen atoms in total. The van der Waals surface area contributed by atoms with E-state index in [4.69, 9.17) is 4.74 Å². The van der Waals surface area contributed by atoms with Crippen molar-refractivity contribution in [1.29, 1.82) is 0 Å². The Hall–Kier alpha value is -4.11. The van der Waals surface area contributed by atoms with E-state index >= 15 is 8.78 Å². The second-order valence-electron chi connectivity index (χ2n) is 8.05. The highest BCUT2D eigenvalue weighted by atomic mass is 19.1. The molecule has 9 heteroatoms. The van der Waals surface area contributed by atoms with E-state index in [9.17, 15) is 4.39 Å². The molecule has 3 aromatic heterocycles. The summed E-state index contributed by atoms with van der Waals surface area (Å²) < 4.78 is 50.8. The normalized spacial score (nSPS) is 19.6. The zero-order valence-corrected chi connectivity index (χ0v) is 18.8. The lowest BCUT2D eigenvalue weighted by Gasteiger charge is -2.29. The summed E-state index contributed by atoms with van der Waals surface area (Å²) >= 11 is 0. The summed E-state index contributed by atoms with van der Waals surface area (Å²) in [6.45, 7) is 1.68. The Morgan fingerprint density at radius 2 is 1.86 bits per heavy atom. The van der Waals surface area contributed by atoms with Crippen molar-refractivity contribution in [3.8, 4) is 11.4 Å². The molecule has 2 unspecified atom stereocenters. The average molecular weight is 475 g/mol. The van der Waals surface area contributed by atoms with Crippen molar-refractivity contribution in [2.75, 3.05) is 12.4 Å². The molecule has 1 aliphatic rings. The van der Waals surface area contributed by atoms with Crippen LogP contribution < -0.4 is 5.32 Å². The van der Waals surface area contributed by atoms with Crippen molar-refractivity contribution in [3.05, 3.63) is 89.9 Å². The van der Waals surface area contributed by atoms with E-state index in [0.29, 0.717) is 28.1 Å². The highest BCUT2D eigenvalue weighted by Crippen LogP contribution is 2.38. The lowest BCUT2D eigenvalue weighted by molar-refractivity contribution is 0.152. The predicted molar refractivity (Wildman–Crippen MR) is 129 cm³/mol. The standard InChI is InChI=1S/C26H20F3N5O/c1-15-23(20-5-3-4-8-31-20)33-21-12-17(27)11-19(28)22(21)24(15)34-26(29)13-18(25(35-2)32-14-26)16-6-9-30-10-7-16/h3-14,25H,1-2H3,(H,33,34). The van der Waals surface area contributed by atoms with Crippen LogP contribution in [0.4, 0.5) is 18.9 Å². The van der Waals surface area contributed by atoms with Gasteiger partial charge in [0.25, 0.3) is 0 Å². The molecule has 35 heavy (non-hydrogen) atoms. The van der Waals surface area contributed by atoms with Crippen molar-refractivity contribution >= 4 is 28.4 Å². The lowest BCUT2D eigenvalue weighted by Crippen LogP contribution is -2.37. The topological polar surface area (TPSA) is 72.3 Å². The molecule has 1 aromatic carbocycles. The summed E-state index contributed by atoms with van der Waals surface area (Å²) in [6, 6.07) is 10.5. The summed E-state index contributed by atoms with van der Waals surface area (Å²) in [6.07, 6.45) is 6.42. The van der Waals surface area contributed by atoms with Gasteiger partial charge in [-0.2, -0.15) is 0 Å². The van der Waals surface area contributed by atoms with Crippen molar-refractivity contribution < 1.29 is 17.9 Å². The van der Waals surface area contributed by atoms with E-state index in [1.807, 2.05) is 0 Å². The lowest BCUT2D eigenvalue weighted by atomic mass is 9.98. The Morgan fingerprint density at radius 1 is 1.06 bits per heavy atom. The maximum Gasteiger partial charge on any atom is 0.235 e. The molecule has 2 atom stereocenters. The number of halogens is 3. The van der Waals surface area contributed by atoms with Gasteiger partial charge in [-0.15, -0.1) is 0 Å². The van der Waals surface area contributed by atoms with Crippen molar-refractivity contribution in [2.45, 2.75) is 18.9 Å². The number of hydrogen-bond acceptors (Lipinski definition) is 6. The number of hydrogen-bond donors (Lipinski definition) is 1. The zero-order valence-electron chi connectivity index (χ0n) is 18.8. The van der Waals surface area contributed by atoms with Gasteiger partial charge in [0.05, 0.1) is 34.2 Å². The molecule has 5 rings (SSSR count). The molecule has 176 valence electrons. The van der Waals surface area contributed by atoms with Crippen LogP contribution >= 0.6 is 0 Å². The number of fused-ring (bicyclic) bond motifs is 1. The van der Waals surface area contributed by atoms with Crippen molar-refractivity contribution in [3.63, 3.8) is 0 Å². The first-order valence-corrected chi connectivity index (χ1v) is 10.8. The highest BCUT2D eigenvalue weighted by molar-refractivity contribution is 5.99. The Bertz CT molecular complexity index is 1460. The van der Waals surface area contributed by atoms with Crippen LogP contribution in [0.1, 0.15) is 11.1 Å². The first-order chi connectivity index (χ1) is 16.9. The summed E-state index contributed by atoms with van der Waals surface area (Å²) in [5.74, 6) is -3.97. The summed E-state index contributed by atoms with van der Waals surface area (Å²) in [7, 11) is 1.47. The molecule has 4 aromatic rings. The molecule has 1 aliphatic heterocycles. The molecule has 0 aliphatic carbocycles. The van der Waals surface area contributed by atoms with E-state index in [2.05, 4.69) is 25.3 Å². The molecule has 0 saturated carbocycles. The number of nitrogens with one attached hydrogen (secondary N) is 1. The third-order valence-corrected chi connectivity index (χ3v) is 5.74. The first kappa shape index (κ1) is 22.7. The largest absolute Gasteiger partial charge is 0.355 e. The summed E-state index contributed by atoms with van der Waals surface area (Å²) in [5.41, 5.74) is 2.59. The van der Waals surface area contributed by atoms with E-state index in [0.717, 1.165) is 18.3 Å². The van der Waals surface area contributed by atoms with Crippen LogP contribution in [0.2, 0.25) is 0 Å². The fourth-order valence-electron chi connectivity index (χ4n) is 4.12.